The molecule has 0 saturated carbocycles. The van der Waals surface area contributed by atoms with Crippen LogP contribution in [-0.2, 0) is 14.8 Å². The Bertz CT molecular complexity index is 1390. The minimum atomic E-state index is -4.15. The zero-order valence-corrected chi connectivity index (χ0v) is 20.6. The highest BCUT2D eigenvalue weighted by Crippen LogP contribution is 2.33. The van der Waals surface area contributed by atoms with Gasteiger partial charge in [-0.2, -0.15) is 5.10 Å². The minimum absolute atomic E-state index is 0.00391. The summed E-state index contributed by atoms with van der Waals surface area (Å²) in [7, 11) is -1.29. The number of benzene rings is 3. The summed E-state index contributed by atoms with van der Waals surface area (Å²) in [6.07, 6.45) is 1.22. The van der Waals surface area contributed by atoms with Crippen molar-refractivity contribution in [2.75, 3.05) is 25.1 Å². The number of nitrogens with zero attached hydrogens (tertiary/aromatic N) is 3. The number of anilines is 1. The van der Waals surface area contributed by atoms with Crippen molar-refractivity contribution in [1.29, 1.82) is 0 Å². The van der Waals surface area contributed by atoms with Gasteiger partial charge in [-0.05, 0) is 31.2 Å². The molecular weight excluding hydrogens is 488 g/mol. The van der Waals surface area contributed by atoms with Gasteiger partial charge in [0.2, 0.25) is 0 Å². The number of amides is 1. The number of carbonyl (C=O) groups excluding carboxylic acids is 1. The Hall–Kier alpha value is -4.45. The van der Waals surface area contributed by atoms with Crippen LogP contribution in [0.1, 0.15) is 11.1 Å². The van der Waals surface area contributed by atoms with Crippen LogP contribution in [-0.4, -0.2) is 46.2 Å². The molecule has 3 aromatic carbocycles. The van der Waals surface area contributed by atoms with Gasteiger partial charge in [0.15, 0.2) is 11.5 Å². The number of hydrazone groups is 1. The van der Waals surface area contributed by atoms with Crippen LogP contribution in [0.3, 0.4) is 0 Å². The van der Waals surface area contributed by atoms with Crippen LogP contribution in [0.25, 0.3) is 0 Å². The van der Waals surface area contributed by atoms with E-state index in [2.05, 4.69) is 10.5 Å². The van der Waals surface area contributed by atoms with Gasteiger partial charge in [-0.1, -0.05) is 29.8 Å². The zero-order valence-electron chi connectivity index (χ0n) is 19.7. The number of nitro groups is 1. The van der Waals surface area contributed by atoms with Crippen LogP contribution in [0.15, 0.2) is 76.7 Å². The predicted octanol–water partition coefficient (Wildman–Crippen LogP) is 3.27. The number of methoxy groups -OCH3 is 2. The molecular formula is C24H24N4O7S. The molecule has 11 nitrogen and oxygen atoms in total. The Morgan fingerprint density at radius 3 is 2.39 bits per heavy atom. The molecule has 1 N–H and O–H groups in total. The average Bonchev–Trinajstić information content (AvgIpc) is 2.87. The second kappa shape index (κ2) is 11.3. The van der Waals surface area contributed by atoms with E-state index in [0.29, 0.717) is 11.3 Å². The maximum absolute atomic E-state index is 13.5. The Morgan fingerprint density at radius 1 is 1.06 bits per heavy atom. The lowest BCUT2D eigenvalue weighted by molar-refractivity contribution is -0.384. The van der Waals surface area contributed by atoms with E-state index >= 15 is 0 Å². The van der Waals surface area contributed by atoms with Gasteiger partial charge in [-0.25, -0.2) is 13.8 Å². The van der Waals surface area contributed by atoms with E-state index in [4.69, 9.17) is 9.47 Å². The highest BCUT2D eigenvalue weighted by Gasteiger charge is 2.28. The fraction of sp³-hybridized carbons (Fsp3) is 0.167. The summed E-state index contributed by atoms with van der Waals surface area (Å²) in [5, 5.41) is 14.7. The third-order valence-corrected chi connectivity index (χ3v) is 6.82. The fourth-order valence-corrected chi connectivity index (χ4v) is 4.61. The first-order chi connectivity index (χ1) is 17.1. The van der Waals surface area contributed by atoms with Gasteiger partial charge in [0.1, 0.15) is 6.54 Å². The number of hydrogen-bond donors (Lipinski definition) is 1. The number of nitrogens with one attached hydrogen (secondary N) is 1. The molecule has 12 heteroatoms. The van der Waals surface area contributed by atoms with Crippen molar-refractivity contribution in [3.63, 3.8) is 0 Å². The average molecular weight is 513 g/mol. The molecule has 0 radical (unpaired) electrons. The van der Waals surface area contributed by atoms with Crippen molar-refractivity contribution in [2.45, 2.75) is 11.8 Å². The van der Waals surface area contributed by atoms with Gasteiger partial charge in [0.05, 0.1) is 35.9 Å². The maximum Gasteiger partial charge on any atom is 0.270 e. The molecule has 0 spiro atoms. The molecule has 1 amide bonds. The zero-order chi connectivity index (χ0) is 26.3. The van der Waals surface area contributed by atoms with Crippen LogP contribution >= 0.6 is 0 Å². The summed E-state index contributed by atoms with van der Waals surface area (Å²) in [5.74, 6) is -0.0645. The van der Waals surface area contributed by atoms with Crippen LogP contribution < -0.4 is 19.2 Å². The minimum Gasteiger partial charge on any atom is -0.493 e. The van der Waals surface area contributed by atoms with Crippen LogP contribution in [0.5, 0.6) is 11.5 Å². The van der Waals surface area contributed by atoms with Gasteiger partial charge in [-0.3, -0.25) is 19.2 Å². The van der Waals surface area contributed by atoms with E-state index in [0.717, 1.165) is 9.87 Å². The summed E-state index contributed by atoms with van der Waals surface area (Å²) in [6.45, 7) is 1.23. The first kappa shape index (κ1) is 26.2. The number of nitro benzene ring substituents is 1. The summed E-state index contributed by atoms with van der Waals surface area (Å²) in [4.78, 5) is 23.1. The fourth-order valence-electron chi connectivity index (χ4n) is 3.20. The second-order valence-corrected chi connectivity index (χ2v) is 9.37. The van der Waals surface area contributed by atoms with Crippen LogP contribution in [0.2, 0.25) is 0 Å². The first-order valence-corrected chi connectivity index (χ1v) is 12.0. The first-order valence-electron chi connectivity index (χ1n) is 10.5. The third kappa shape index (κ3) is 6.16. The third-order valence-electron chi connectivity index (χ3n) is 5.04. The van der Waals surface area contributed by atoms with E-state index < -0.39 is 27.4 Å². The van der Waals surface area contributed by atoms with Gasteiger partial charge in [0, 0.05) is 23.8 Å². The topological polar surface area (TPSA) is 140 Å². The van der Waals surface area contributed by atoms with Crippen molar-refractivity contribution >= 4 is 33.5 Å². The molecule has 0 fully saturated rings. The summed E-state index contributed by atoms with van der Waals surface area (Å²) < 4.78 is 38.4. The number of aryl methyl sites for hydroxylation is 1. The molecule has 0 aromatic heterocycles. The number of carbonyl (C=O) groups is 1. The lowest BCUT2D eigenvalue weighted by Crippen LogP contribution is -2.39. The standard InChI is InChI=1S/C24H24N4O7S/c1-17-7-10-21(11-8-17)36(32,33)27(19-9-12-22(34-2)23(14-19)35-3)16-24(29)26-25-15-18-5-4-6-20(13-18)28(30)31/h4-15H,16H2,1-3H3,(H,26,29)/b25-15+. The van der Waals surface area contributed by atoms with E-state index in [-0.39, 0.29) is 22.0 Å². The van der Waals surface area contributed by atoms with E-state index in [9.17, 15) is 23.3 Å². The predicted molar refractivity (Wildman–Crippen MR) is 134 cm³/mol. The van der Waals surface area contributed by atoms with E-state index in [1.165, 1.54) is 69.0 Å². The second-order valence-electron chi connectivity index (χ2n) is 7.51. The van der Waals surface area contributed by atoms with Gasteiger partial charge in [-0.15, -0.1) is 0 Å². The molecule has 0 unspecified atom stereocenters. The van der Waals surface area contributed by atoms with Gasteiger partial charge < -0.3 is 9.47 Å². The Labute approximate surface area is 208 Å². The number of hydrogen-bond acceptors (Lipinski definition) is 8. The molecule has 0 saturated heterocycles. The van der Waals surface area contributed by atoms with E-state index in [1.54, 1.807) is 18.2 Å². The Morgan fingerprint density at radius 2 is 1.75 bits per heavy atom. The Kier molecular flexibility index (Phi) is 8.22. The molecule has 0 bridgehead atoms. The molecule has 0 atom stereocenters. The van der Waals surface area contributed by atoms with Crippen LogP contribution in [0, 0.1) is 17.0 Å². The number of ether oxygens (including phenoxy) is 2. The smallest absolute Gasteiger partial charge is 0.270 e. The summed E-state index contributed by atoms with van der Waals surface area (Å²) in [5.41, 5.74) is 3.56. The van der Waals surface area contributed by atoms with E-state index in [1.807, 2.05) is 6.92 Å². The molecule has 188 valence electrons. The quantitative estimate of drug-likeness (QED) is 0.250. The van der Waals surface area contributed by atoms with Crippen molar-refractivity contribution in [3.8, 4) is 11.5 Å². The van der Waals surface area contributed by atoms with Crippen molar-refractivity contribution in [3.05, 3.63) is 88.0 Å². The molecule has 0 aliphatic heterocycles. The van der Waals surface area contributed by atoms with Gasteiger partial charge in [0.25, 0.3) is 21.6 Å². The lowest BCUT2D eigenvalue weighted by Gasteiger charge is -2.24. The van der Waals surface area contributed by atoms with Crippen molar-refractivity contribution in [2.24, 2.45) is 5.10 Å². The van der Waals surface area contributed by atoms with Crippen molar-refractivity contribution < 1.29 is 27.6 Å². The molecule has 0 aliphatic carbocycles. The molecule has 36 heavy (non-hydrogen) atoms. The highest BCUT2D eigenvalue weighted by molar-refractivity contribution is 7.92. The van der Waals surface area contributed by atoms with Crippen molar-refractivity contribution in [1.82, 2.24) is 5.43 Å². The number of sulfonamides is 1. The summed E-state index contributed by atoms with van der Waals surface area (Å²) >= 11 is 0. The number of non-ortho nitro benzene ring substituents is 1. The monoisotopic (exact) mass is 512 g/mol. The highest BCUT2D eigenvalue weighted by atomic mass is 32.2. The number of rotatable bonds is 10. The van der Waals surface area contributed by atoms with Crippen LogP contribution in [0.4, 0.5) is 11.4 Å². The molecule has 3 rings (SSSR count). The molecule has 3 aromatic rings. The molecule has 0 aliphatic rings. The summed E-state index contributed by atoms with van der Waals surface area (Å²) in [6, 6.07) is 16.4. The lowest BCUT2D eigenvalue weighted by atomic mass is 10.2. The molecule has 0 heterocycles. The SMILES string of the molecule is COc1ccc(N(CC(=O)N/N=C/c2cccc([N+](=O)[O-])c2)S(=O)(=O)c2ccc(C)cc2)cc1OC. The Balaban J connectivity index is 1.90. The largest absolute Gasteiger partial charge is 0.493 e. The normalized spacial score (nSPS) is 11.2. The maximum atomic E-state index is 13.5. The van der Waals surface area contributed by atoms with Gasteiger partial charge >= 0.3 is 0 Å².